The largest absolute Gasteiger partial charge is 0.496 e. The van der Waals surface area contributed by atoms with Gasteiger partial charge in [-0.25, -0.2) is 0 Å². The number of hydrogen-bond donors (Lipinski definition) is 2. The quantitative estimate of drug-likeness (QED) is 0.851. The standard InChI is InChI=1S/C17H21BrN2O/c1-11-6-14(18)9-15(7-11)20-16(10-19)13-4-5-17(21-3)12(2)8-13/h4-9,16,20H,10,19H2,1-3H3. The van der Waals surface area contributed by atoms with E-state index in [1.165, 1.54) is 5.56 Å². The van der Waals surface area contributed by atoms with Crippen LogP contribution in [0.3, 0.4) is 0 Å². The molecule has 0 heterocycles. The Kier molecular flexibility index (Phi) is 5.26. The lowest BCUT2D eigenvalue weighted by atomic mass is 10.0. The minimum Gasteiger partial charge on any atom is -0.496 e. The Balaban J connectivity index is 2.25. The van der Waals surface area contributed by atoms with Gasteiger partial charge in [-0.05, 0) is 54.8 Å². The zero-order chi connectivity index (χ0) is 15.4. The van der Waals surface area contributed by atoms with Gasteiger partial charge in [0.05, 0.1) is 13.2 Å². The zero-order valence-corrected chi connectivity index (χ0v) is 14.2. The van der Waals surface area contributed by atoms with Gasteiger partial charge < -0.3 is 15.8 Å². The van der Waals surface area contributed by atoms with Crippen LogP contribution in [-0.4, -0.2) is 13.7 Å². The van der Waals surface area contributed by atoms with Crippen LogP contribution in [0.25, 0.3) is 0 Å². The first-order chi connectivity index (χ1) is 10.0. The second-order valence-corrected chi connectivity index (χ2v) is 6.09. The molecule has 4 heteroatoms. The van der Waals surface area contributed by atoms with Crippen LogP contribution >= 0.6 is 15.9 Å². The van der Waals surface area contributed by atoms with Gasteiger partial charge in [-0.3, -0.25) is 0 Å². The van der Waals surface area contributed by atoms with E-state index >= 15 is 0 Å². The number of nitrogens with two attached hydrogens (primary N) is 1. The average molecular weight is 349 g/mol. The minimum atomic E-state index is 0.0725. The van der Waals surface area contributed by atoms with Crippen LogP contribution in [0, 0.1) is 13.8 Å². The second-order valence-electron chi connectivity index (χ2n) is 5.18. The fourth-order valence-electron chi connectivity index (χ4n) is 2.42. The molecule has 3 nitrogen and oxygen atoms in total. The molecule has 0 spiro atoms. The number of methoxy groups -OCH3 is 1. The van der Waals surface area contributed by atoms with Crippen LogP contribution in [-0.2, 0) is 0 Å². The summed E-state index contributed by atoms with van der Waals surface area (Å²) in [5, 5.41) is 3.50. The third-order valence-electron chi connectivity index (χ3n) is 3.44. The lowest BCUT2D eigenvalue weighted by molar-refractivity contribution is 0.411. The highest BCUT2D eigenvalue weighted by Gasteiger charge is 2.11. The molecule has 0 amide bonds. The third kappa shape index (κ3) is 3.99. The predicted molar refractivity (Wildman–Crippen MR) is 92.0 cm³/mol. The topological polar surface area (TPSA) is 47.3 Å². The van der Waals surface area contributed by atoms with E-state index in [1.54, 1.807) is 7.11 Å². The van der Waals surface area contributed by atoms with E-state index in [0.29, 0.717) is 6.54 Å². The molecule has 0 aliphatic rings. The van der Waals surface area contributed by atoms with Gasteiger partial charge in [-0.2, -0.15) is 0 Å². The molecule has 0 bridgehead atoms. The number of aryl methyl sites for hydroxylation is 2. The number of anilines is 1. The minimum absolute atomic E-state index is 0.0725. The lowest BCUT2D eigenvalue weighted by Gasteiger charge is -2.20. The molecular formula is C17H21BrN2O. The van der Waals surface area contributed by atoms with Crippen molar-refractivity contribution in [2.75, 3.05) is 19.0 Å². The molecule has 112 valence electrons. The van der Waals surface area contributed by atoms with E-state index in [2.05, 4.69) is 58.5 Å². The van der Waals surface area contributed by atoms with Gasteiger partial charge in [0.2, 0.25) is 0 Å². The van der Waals surface area contributed by atoms with Gasteiger partial charge in [0, 0.05) is 16.7 Å². The van der Waals surface area contributed by atoms with E-state index in [0.717, 1.165) is 27.0 Å². The van der Waals surface area contributed by atoms with Gasteiger partial charge in [0.15, 0.2) is 0 Å². The van der Waals surface area contributed by atoms with E-state index < -0.39 is 0 Å². The van der Waals surface area contributed by atoms with E-state index in [1.807, 2.05) is 13.0 Å². The van der Waals surface area contributed by atoms with Crippen molar-refractivity contribution < 1.29 is 4.74 Å². The zero-order valence-electron chi connectivity index (χ0n) is 12.6. The van der Waals surface area contributed by atoms with Crippen molar-refractivity contribution in [3.63, 3.8) is 0 Å². The van der Waals surface area contributed by atoms with E-state index in [-0.39, 0.29) is 6.04 Å². The summed E-state index contributed by atoms with van der Waals surface area (Å²) in [7, 11) is 1.69. The fourth-order valence-corrected chi connectivity index (χ4v) is 3.03. The highest BCUT2D eigenvalue weighted by Crippen LogP contribution is 2.26. The molecule has 0 saturated heterocycles. The first-order valence-electron chi connectivity index (χ1n) is 6.92. The number of ether oxygens (including phenoxy) is 1. The first-order valence-corrected chi connectivity index (χ1v) is 7.71. The van der Waals surface area contributed by atoms with Crippen LogP contribution < -0.4 is 15.8 Å². The monoisotopic (exact) mass is 348 g/mol. The Hall–Kier alpha value is -1.52. The molecule has 1 unspecified atom stereocenters. The van der Waals surface area contributed by atoms with Crippen LogP contribution in [0.15, 0.2) is 40.9 Å². The number of hydrogen-bond acceptors (Lipinski definition) is 3. The first kappa shape index (κ1) is 15.9. The maximum absolute atomic E-state index is 5.94. The molecule has 0 aliphatic carbocycles. The summed E-state index contributed by atoms with van der Waals surface area (Å²) in [6.07, 6.45) is 0. The Morgan fingerprint density at radius 2 is 1.95 bits per heavy atom. The van der Waals surface area contributed by atoms with Crippen molar-refractivity contribution in [2.24, 2.45) is 5.73 Å². The number of nitrogens with one attached hydrogen (secondary N) is 1. The smallest absolute Gasteiger partial charge is 0.121 e. The summed E-state index contributed by atoms with van der Waals surface area (Å²) in [5.74, 6) is 0.896. The highest BCUT2D eigenvalue weighted by molar-refractivity contribution is 9.10. The summed E-state index contributed by atoms with van der Waals surface area (Å²) in [6.45, 7) is 4.64. The van der Waals surface area contributed by atoms with Gasteiger partial charge >= 0.3 is 0 Å². The fraction of sp³-hybridized carbons (Fsp3) is 0.294. The van der Waals surface area contributed by atoms with Gasteiger partial charge in [0.1, 0.15) is 5.75 Å². The van der Waals surface area contributed by atoms with E-state index in [9.17, 15) is 0 Å². The maximum Gasteiger partial charge on any atom is 0.121 e. The summed E-state index contributed by atoms with van der Waals surface area (Å²) in [4.78, 5) is 0. The van der Waals surface area contributed by atoms with Crippen LogP contribution in [0.5, 0.6) is 5.75 Å². The van der Waals surface area contributed by atoms with E-state index in [4.69, 9.17) is 10.5 Å². The Bertz CT molecular complexity index is 608. The summed E-state index contributed by atoms with van der Waals surface area (Å²) < 4.78 is 6.37. The summed E-state index contributed by atoms with van der Waals surface area (Å²) in [5.41, 5.74) is 10.5. The molecule has 0 saturated carbocycles. The van der Waals surface area contributed by atoms with Crippen molar-refractivity contribution in [1.29, 1.82) is 0 Å². The molecule has 3 N–H and O–H groups in total. The average Bonchev–Trinajstić information content (AvgIpc) is 2.43. The molecule has 0 aromatic heterocycles. The van der Waals surface area contributed by atoms with Crippen LogP contribution in [0.1, 0.15) is 22.7 Å². The van der Waals surface area contributed by atoms with Crippen molar-refractivity contribution in [2.45, 2.75) is 19.9 Å². The SMILES string of the molecule is COc1ccc(C(CN)Nc2cc(C)cc(Br)c2)cc1C. The molecule has 0 aliphatic heterocycles. The Labute approximate surface area is 134 Å². The third-order valence-corrected chi connectivity index (χ3v) is 3.90. The van der Waals surface area contributed by atoms with Crippen LogP contribution in [0.2, 0.25) is 0 Å². The molecule has 0 fully saturated rings. The lowest BCUT2D eigenvalue weighted by Crippen LogP contribution is -2.20. The van der Waals surface area contributed by atoms with Gasteiger partial charge in [-0.15, -0.1) is 0 Å². The van der Waals surface area contributed by atoms with Gasteiger partial charge in [-0.1, -0.05) is 28.1 Å². The van der Waals surface area contributed by atoms with Crippen LogP contribution in [0.4, 0.5) is 5.69 Å². The summed E-state index contributed by atoms with van der Waals surface area (Å²) in [6, 6.07) is 12.5. The Morgan fingerprint density at radius 1 is 1.19 bits per heavy atom. The molecule has 2 aromatic carbocycles. The number of rotatable bonds is 5. The van der Waals surface area contributed by atoms with Gasteiger partial charge in [0.25, 0.3) is 0 Å². The normalized spacial score (nSPS) is 12.0. The Morgan fingerprint density at radius 3 is 2.52 bits per heavy atom. The molecule has 2 rings (SSSR count). The molecule has 2 aromatic rings. The number of benzene rings is 2. The molecular weight excluding hydrogens is 328 g/mol. The molecule has 0 radical (unpaired) electrons. The maximum atomic E-state index is 5.94. The van der Waals surface area contributed by atoms with Crippen molar-refractivity contribution in [3.8, 4) is 5.75 Å². The number of halogens is 1. The van der Waals surface area contributed by atoms with Crippen molar-refractivity contribution >= 4 is 21.6 Å². The second kappa shape index (κ2) is 6.96. The van der Waals surface area contributed by atoms with Crippen molar-refractivity contribution in [1.82, 2.24) is 0 Å². The predicted octanol–water partition coefficient (Wildman–Crippen LogP) is 4.19. The van der Waals surface area contributed by atoms with Crippen molar-refractivity contribution in [3.05, 3.63) is 57.6 Å². The summed E-state index contributed by atoms with van der Waals surface area (Å²) >= 11 is 3.52. The molecule has 21 heavy (non-hydrogen) atoms. The molecule has 1 atom stereocenters. The highest BCUT2D eigenvalue weighted by atomic mass is 79.9.